The van der Waals surface area contributed by atoms with Gasteiger partial charge in [0.05, 0.1) is 12.9 Å². The molecule has 0 saturated heterocycles. The minimum atomic E-state index is 0.0112. The van der Waals surface area contributed by atoms with Gasteiger partial charge in [0, 0.05) is 38.6 Å². The van der Waals surface area contributed by atoms with Crippen molar-refractivity contribution in [2.24, 2.45) is 0 Å². The van der Waals surface area contributed by atoms with Gasteiger partial charge >= 0.3 is 5.69 Å². The minimum Gasteiger partial charge on any atom is -0.337 e. The van der Waals surface area contributed by atoms with Crippen LogP contribution >= 0.6 is 0 Å². The van der Waals surface area contributed by atoms with Crippen molar-refractivity contribution in [2.75, 3.05) is 6.54 Å². The molecule has 3 rings (SSSR count). The van der Waals surface area contributed by atoms with Crippen LogP contribution in [0.2, 0.25) is 0 Å². The first-order valence-corrected chi connectivity index (χ1v) is 6.17. The Morgan fingerprint density at radius 2 is 2.33 bits per heavy atom. The smallest absolute Gasteiger partial charge is 0.337 e. The Morgan fingerprint density at radius 3 is 3.11 bits per heavy atom. The SMILES string of the molecule is O=c1n(CCCn2ccnc2)nc2n1CCNC2. The van der Waals surface area contributed by atoms with Gasteiger partial charge in [0.1, 0.15) is 5.82 Å². The summed E-state index contributed by atoms with van der Waals surface area (Å²) in [6.45, 7) is 3.75. The molecule has 0 unspecified atom stereocenters. The first-order chi connectivity index (χ1) is 8.84. The van der Waals surface area contributed by atoms with E-state index >= 15 is 0 Å². The third-order valence-corrected chi connectivity index (χ3v) is 3.14. The summed E-state index contributed by atoms with van der Waals surface area (Å²) in [5, 5.41) is 7.56. The molecule has 0 bridgehead atoms. The summed E-state index contributed by atoms with van der Waals surface area (Å²) < 4.78 is 5.33. The fourth-order valence-electron chi connectivity index (χ4n) is 2.20. The fourth-order valence-corrected chi connectivity index (χ4v) is 2.20. The van der Waals surface area contributed by atoms with Crippen LogP contribution < -0.4 is 11.0 Å². The van der Waals surface area contributed by atoms with Crippen molar-refractivity contribution >= 4 is 0 Å². The summed E-state index contributed by atoms with van der Waals surface area (Å²) in [6, 6.07) is 0. The van der Waals surface area contributed by atoms with Crippen molar-refractivity contribution in [3.05, 3.63) is 35.0 Å². The van der Waals surface area contributed by atoms with Crippen molar-refractivity contribution in [2.45, 2.75) is 32.6 Å². The van der Waals surface area contributed by atoms with Gasteiger partial charge in [-0.3, -0.25) is 4.57 Å². The second-order valence-electron chi connectivity index (χ2n) is 4.40. The summed E-state index contributed by atoms with van der Waals surface area (Å²) >= 11 is 0. The van der Waals surface area contributed by atoms with E-state index in [1.165, 1.54) is 0 Å². The van der Waals surface area contributed by atoms with Gasteiger partial charge in [0.25, 0.3) is 0 Å². The number of nitrogens with zero attached hydrogens (tertiary/aromatic N) is 5. The fraction of sp³-hybridized carbons (Fsp3) is 0.545. The number of hydrogen-bond acceptors (Lipinski definition) is 4. The summed E-state index contributed by atoms with van der Waals surface area (Å²) in [7, 11) is 0. The highest BCUT2D eigenvalue weighted by Gasteiger charge is 2.15. The molecular formula is C11H16N6O. The average Bonchev–Trinajstić information content (AvgIpc) is 3.00. The molecular weight excluding hydrogens is 232 g/mol. The van der Waals surface area contributed by atoms with E-state index in [2.05, 4.69) is 15.4 Å². The average molecular weight is 248 g/mol. The number of aryl methyl sites for hydroxylation is 2. The van der Waals surface area contributed by atoms with Crippen LogP contribution in [0.15, 0.2) is 23.5 Å². The summed E-state index contributed by atoms with van der Waals surface area (Å²) in [5.41, 5.74) is 0.0112. The molecule has 0 aromatic carbocycles. The Labute approximate surface area is 104 Å². The summed E-state index contributed by atoms with van der Waals surface area (Å²) in [4.78, 5) is 16.0. The molecule has 1 N–H and O–H groups in total. The van der Waals surface area contributed by atoms with Gasteiger partial charge in [0.15, 0.2) is 0 Å². The van der Waals surface area contributed by atoms with Crippen molar-refractivity contribution < 1.29 is 0 Å². The van der Waals surface area contributed by atoms with Crippen LogP contribution in [0.5, 0.6) is 0 Å². The first kappa shape index (κ1) is 11.2. The molecule has 1 aliphatic heterocycles. The predicted octanol–water partition coefficient (Wildman–Crippen LogP) is -0.565. The number of aromatic nitrogens is 5. The molecule has 1 aliphatic rings. The standard InChI is InChI=1S/C11H16N6O/c18-11-16-7-3-12-8-10(16)14-17(11)5-1-4-15-6-2-13-9-15/h2,6,9,12H,1,3-5,7-8H2. The van der Waals surface area contributed by atoms with Gasteiger partial charge in [-0.1, -0.05) is 0 Å². The number of fused-ring (bicyclic) bond motifs is 1. The van der Waals surface area contributed by atoms with Crippen LogP contribution in [0.1, 0.15) is 12.2 Å². The lowest BCUT2D eigenvalue weighted by molar-refractivity contribution is 0.494. The lowest BCUT2D eigenvalue weighted by Gasteiger charge is -2.11. The first-order valence-electron chi connectivity index (χ1n) is 6.17. The van der Waals surface area contributed by atoms with E-state index in [4.69, 9.17) is 0 Å². The number of nitrogens with one attached hydrogen (secondary N) is 1. The molecule has 0 aliphatic carbocycles. The molecule has 7 nitrogen and oxygen atoms in total. The number of hydrogen-bond donors (Lipinski definition) is 1. The maximum absolute atomic E-state index is 12.0. The maximum atomic E-state index is 12.0. The van der Waals surface area contributed by atoms with E-state index in [1.807, 2.05) is 10.8 Å². The molecule has 96 valence electrons. The van der Waals surface area contributed by atoms with Crippen molar-refractivity contribution in [3.63, 3.8) is 0 Å². The monoisotopic (exact) mass is 248 g/mol. The van der Waals surface area contributed by atoms with Gasteiger partial charge in [-0.05, 0) is 6.42 Å². The summed E-state index contributed by atoms with van der Waals surface area (Å²) in [5.74, 6) is 0.842. The minimum absolute atomic E-state index is 0.0112. The second kappa shape index (κ2) is 4.77. The van der Waals surface area contributed by atoms with Gasteiger partial charge in [0.2, 0.25) is 0 Å². The number of rotatable bonds is 4. The third kappa shape index (κ3) is 2.08. The highest BCUT2D eigenvalue weighted by atomic mass is 16.2. The Bertz CT molecular complexity index is 567. The Balaban J connectivity index is 1.66. The van der Waals surface area contributed by atoms with Crippen molar-refractivity contribution in [3.8, 4) is 0 Å². The molecule has 2 aromatic heterocycles. The molecule has 0 atom stereocenters. The number of imidazole rings is 1. The lowest BCUT2D eigenvalue weighted by Crippen LogP contribution is -2.34. The van der Waals surface area contributed by atoms with Gasteiger partial charge in [-0.2, -0.15) is 5.10 Å². The molecule has 0 amide bonds. The zero-order valence-corrected chi connectivity index (χ0v) is 10.1. The largest absolute Gasteiger partial charge is 0.345 e. The zero-order valence-electron chi connectivity index (χ0n) is 10.1. The van der Waals surface area contributed by atoms with Gasteiger partial charge < -0.3 is 9.88 Å². The molecule has 2 aromatic rings. The van der Waals surface area contributed by atoms with Gasteiger partial charge in [-0.15, -0.1) is 0 Å². The second-order valence-corrected chi connectivity index (χ2v) is 4.40. The van der Waals surface area contributed by atoms with E-state index in [9.17, 15) is 4.79 Å². The van der Waals surface area contributed by atoms with Crippen molar-refractivity contribution in [1.29, 1.82) is 0 Å². The van der Waals surface area contributed by atoms with E-state index in [0.717, 1.165) is 31.9 Å². The van der Waals surface area contributed by atoms with Crippen LogP contribution in [0.25, 0.3) is 0 Å². The lowest BCUT2D eigenvalue weighted by atomic mass is 10.4. The van der Waals surface area contributed by atoms with Crippen LogP contribution in [0.3, 0.4) is 0 Å². The highest BCUT2D eigenvalue weighted by Crippen LogP contribution is 1.99. The van der Waals surface area contributed by atoms with Crippen molar-refractivity contribution in [1.82, 2.24) is 29.2 Å². The normalized spacial score (nSPS) is 14.7. The van der Waals surface area contributed by atoms with Crippen LogP contribution in [-0.4, -0.2) is 30.4 Å². The quantitative estimate of drug-likeness (QED) is 0.787. The molecule has 18 heavy (non-hydrogen) atoms. The maximum Gasteiger partial charge on any atom is 0.345 e. The zero-order chi connectivity index (χ0) is 12.4. The molecule has 7 heteroatoms. The highest BCUT2D eigenvalue weighted by molar-refractivity contribution is 4.90. The predicted molar refractivity (Wildman–Crippen MR) is 65.0 cm³/mol. The van der Waals surface area contributed by atoms with E-state index in [1.54, 1.807) is 21.8 Å². The Hall–Kier alpha value is -1.89. The van der Waals surface area contributed by atoms with E-state index < -0.39 is 0 Å². The molecule has 0 fully saturated rings. The molecule has 3 heterocycles. The van der Waals surface area contributed by atoms with E-state index in [0.29, 0.717) is 13.1 Å². The molecule has 0 saturated carbocycles. The Morgan fingerprint density at radius 1 is 1.39 bits per heavy atom. The molecule has 0 spiro atoms. The van der Waals surface area contributed by atoms with Gasteiger partial charge in [-0.25, -0.2) is 14.5 Å². The Kier molecular flexibility index (Phi) is 2.97. The van der Waals surface area contributed by atoms with Crippen LogP contribution in [0.4, 0.5) is 0 Å². The van der Waals surface area contributed by atoms with Crippen LogP contribution in [-0.2, 0) is 26.2 Å². The van der Waals surface area contributed by atoms with E-state index in [-0.39, 0.29) is 5.69 Å². The third-order valence-electron chi connectivity index (χ3n) is 3.14. The molecule has 0 radical (unpaired) electrons. The summed E-state index contributed by atoms with van der Waals surface area (Å²) in [6.07, 6.45) is 6.34. The topological polar surface area (TPSA) is 69.7 Å². The van der Waals surface area contributed by atoms with Crippen LogP contribution in [0, 0.1) is 0 Å².